The Morgan fingerprint density at radius 2 is 1.82 bits per heavy atom. The molecule has 0 spiro atoms. The lowest BCUT2D eigenvalue weighted by molar-refractivity contribution is 0.0505. The van der Waals surface area contributed by atoms with Crippen molar-refractivity contribution in [2.75, 3.05) is 19.7 Å². The summed E-state index contributed by atoms with van der Waals surface area (Å²) in [4.78, 5) is 12.6. The summed E-state index contributed by atoms with van der Waals surface area (Å²) in [6, 6.07) is 0. The highest BCUT2D eigenvalue weighted by Crippen LogP contribution is 2.36. The highest BCUT2D eigenvalue weighted by Gasteiger charge is 2.34. The van der Waals surface area contributed by atoms with Gasteiger partial charge in [-0.05, 0) is 18.3 Å². The zero-order chi connectivity index (χ0) is 12.3. The monoisotopic (exact) mass is 241 g/mol. The third-order valence-electron chi connectivity index (χ3n) is 4.41. The van der Waals surface area contributed by atoms with E-state index in [1.54, 1.807) is 0 Å². The van der Waals surface area contributed by atoms with Crippen LogP contribution in [0.15, 0.2) is 0 Å². The first-order valence-corrected chi connectivity index (χ1v) is 6.79. The van der Waals surface area contributed by atoms with E-state index in [2.05, 4.69) is 0 Å². The number of amides is 1. The van der Waals surface area contributed by atoms with Gasteiger partial charge in [0.15, 0.2) is 0 Å². The fourth-order valence-electron chi connectivity index (χ4n) is 3.48. The van der Waals surface area contributed by atoms with Crippen LogP contribution in [0.3, 0.4) is 0 Å². The number of piperidine rings is 1. The van der Waals surface area contributed by atoms with Crippen LogP contribution in [0.4, 0.5) is 4.79 Å². The Kier molecular flexibility index (Phi) is 4.26. The maximum Gasteiger partial charge on any atom is 0.407 e. The summed E-state index contributed by atoms with van der Waals surface area (Å²) in [6.07, 6.45) is 6.58. The smallest absolute Gasteiger partial charge is 0.407 e. The Bertz CT molecular complexity index is 263. The molecular formula is C13H23NO3. The Morgan fingerprint density at radius 1 is 1.12 bits per heavy atom. The predicted molar refractivity (Wildman–Crippen MR) is 64.9 cm³/mol. The van der Waals surface area contributed by atoms with Crippen molar-refractivity contribution in [2.45, 2.75) is 38.5 Å². The van der Waals surface area contributed by atoms with Crippen LogP contribution < -0.4 is 0 Å². The van der Waals surface area contributed by atoms with Crippen LogP contribution in [-0.4, -0.2) is 40.9 Å². The van der Waals surface area contributed by atoms with E-state index >= 15 is 0 Å². The van der Waals surface area contributed by atoms with E-state index in [9.17, 15) is 9.90 Å². The average Bonchev–Trinajstić information content (AvgIpc) is 2.39. The van der Waals surface area contributed by atoms with E-state index in [0.717, 1.165) is 6.42 Å². The molecule has 0 radical (unpaired) electrons. The van der Waals surface area contributed by atoms with Crippen LogP contribution in [0.2, 0.25) is 0 Å². The molecule has 2 rings (SSSR count). The van der Waals surface area contributed by atoms with E-state index in [0.29, 0.717) is 24.9 Å². The lowest BCUT2D eigenvalue weighted by Crippen LogP contribution is -2.46. The van der Waals surface area contributed by atoms with Gasteiger partial charge >= 0.3 is 6.09 Å². The highest BCUT2D eigenvalue weighted by atomic mass is 16.4. The molecule has 1 heterocycles. The number of hydrogen-bond acceptors (Lipinski definition) is 2. The van der Waals surface area contributed by atoms with Gasteiger partial charge in [-0.2, -0.15) is 0 Å². The van der Waals surface area contributed by atoms with E-state index in [1.165, 1.54) is 37.0 Å². The number of rotatable bonds is 2. The van der Waals surface area contributed by atoms with Gasteiger partial charge in [0, 0.05) is 25.6 Å². The van der Waals surface area contributed by atoms with Crippen molar-refractivity contribution in [2.24, 2.45) is 17.8 Å². The summed E-state index contributed by atoms with van der Waals surface area (Å²) >= 11 is 0. The minimum absolute atomic E-state index is 0.118. The molecule has 0 aromatic heterocycles. The van der Waals surface area contributed by atoms with Gasteiger partial charge in [0.1, 0.15) is 0 Å². The minimum atomic E-state index is -0.830. The molecule has 0 bridgehead atoms. The Balaban J connectivity index is 1.97. The molecule has 2 aliphatic rings. The van der Waals surface area contributed by atoms with Crippen LogP contribution in [0, 0.1) is 17.8 Å². The lowest BCUT2D eigenvalue weighted by atomic mass is 9.74. The van der Waals surface area contributed by atoms with E-state index in [-0.39, 0.29) is 12.5 Å². The number of likely N-dealkylation sites (tertiary alicyclic amines) is 1. The molecule has 1 saturated carbocycles. The van der Waals surface area contributed by atoms with Crippen molar-refractivity contribution in [1.29, 1.82) is 0 Å². The molecule has 4 heteroatoms. The van der Waals surface area contributed by atoms with Gasteiger partial charge in [-0.1, -0.05) is 32.1 Å². The average molecular weight is 241 g/mol. The number of carbonyl (C=O) groups is 1. The molecule has 17 heavy (non-hydrogen) atoms. The number of carboxylic acid groups (broad SMARTS) is 1. The molecular weight excluding hydrogens is 218 g/mol. The second-order valence-electron chi connectivity index (χ2n) is 5.63. The molecule has 4 nitrogen and oxygen atoms in total. The molecule has 0 aromatic carbocycles. The van der Waals surface area contributed by atoms with E-state index in [4.69, 9.17) is 5.11 Å². The summed E-state index contributed by atoms with van der Waals surface area (Å²) in [6.45, 7) is 1.30. The molecule has 2 unspecified atom stereocenters. The molecule has 0 aromatic rings. The van der Waals surface area contributed by atoms with E-state index < -0.39 is 6.09 Å². The Labute approximate surface area is 103 Å². The van der Waals surface area contributed by atoms with Gasteiger partial charge in [0.05, 0.1) is 0 Å². The van der Waals surface area contributed by atoms with Gasteiger partial charge in [-0.3, -0.25) is 0 Å². The van der Waals surface area contributed by atoms with Crippen LogP contribution in [0.1, 0.15) is 38.5 Å². The van der Waals surface area contributed by atoms with Crippen molar-refractivity contribution < 1.29 is 15.0 Å². The van der Waals surface area contributed by atoms with Crippen LogP contribution in [0.5, 0.6) is 0 Å². The quantitative estimate of drug-likeness (QED) is 0.779. The van der Waals surface area contributed by atoms with Crippen LogP contribution in [-0.2, 0) is 0 Å². The van der Waals surface area contributed by atoms with Gasteiger partial charge < -0.3 is 15.1 Å². The van der Waals surface area contributed by atoms with E-state index in [1.807, 2.05) is 0 Å². The zero-order valence-electron chi connectivity index (χ0n) is 10.3. The molecule has 1 saturated heterocycles. The molecule has 2 atom stereocenters. The van der Waals surface area contributed by atoms with Gasteiger partial charge in [0.25, 0.3) is 0 Å². The zero-order valence-corrected chi connectivity index (χ0v) is 10.3. The second-order valence-corrected chi connectivity index (χ2v) is 5.63. The van der Waals surface area contributed by atoms with Gasteiger partial charge in [0.2, 0.25) is 0 Å². The standard InChI is InChI=1S/C13H23NO3/c15-9-10-6-12(8-14(7-10)13(16)17)11-4-2-1-3-5-11/h10-12,15H,1-9H2,(H,16,17). The highest BCUT2D eigenvalue weighted by molar-refractivity contribution is 5.65. The lowest BCUT2D eigenvalue weighted by Gasteiger charge is -2.40. The summed E-state index contributed by atoms with van der Waals surface area (Å²) in [7, 11) is 0. The van der Waals surface area contributed by atoms with Gasteiger partial charge in [-0.25, -0.2) is 4.79 Å². The van der Waals surface area contributed by atoms with Crippen LogP contribution >= 0.6 is 0 Å². The molecule has 2 N–H and O–H groups in total. The fraction of sp³-hybridized carbons (Fsp3) is 0.923. The summed E-state index contributed by atoms with van der Waals surface area (Å²) < 4.78 is 0. The first-order valence-electron chi connectivity index (χ1n) is 6.79. The van der Waals surface area contributed by atoms with Crippen molar-refractivity contribution in [1.82, 2.24) is 4.90 Å². The van der Waals surface area contributed by atoms with Crippen LogP contribution in [0.25, 0.3) is 0 Å². The number of hydrogen-bond donors (Lipinski definition) is 2. The van der Waals surface area contributed by atoms with Gasteiger partial charge in [-0.15, -0.1) is 0 Å². The maximum absolute atomic E-state index is 11.1. The van der Waals surface area contributed by atoms with Crippen molar-refractivity contribution >= 4 is 6.09 Å². The summed E-state index contributed by atoms with van der Waals surface area (Å²) in [5.74, 6) is 1.30. The number of nitrogens with zero attached hydrogens (tertiary/aromatic N) is 1. The molecule has 98 valence electrons. The fourth-order valence-corrected chi connectivity index (χ4v) is 3.48. The normalized spacial score (nSPS) is 31.5. The number of aliphatic hydroxyl groups is 1. The predicted octanol–water partition coefficient (Wildman–Crippen LogP) is 2.18. The largest absolute Gasteiger partial charge is 0.465 e. The third-order valence-corrected chi connectivity index (χ3v) is 4.41. The maximum atomic E-state index is 11.1. The Hall–Kier alpha value is -0.770. The molecule has 1 amide bonds. The van der Waals surface area contributed by atoms with Crippen molar-refractivity contribution in [3.63, 3.8) is 0 Å². The van der Waals surface area contributed by atoms with Crippen molar-refractivity contribution in [3.8, 4) is 0 Å². The summed E-state index contributed by atoms with van der Waals surface area (Å²) in [5, 5.41) is 18.4. The topological polar surface area (TPSA) is 60.8 Å². The third kappa shape index (κ3) is 3.12. The Morgan fingerprint density at radius 3 is 2.41 bits per heavy atom. The first-order chi connectivity index (χ1) is 8.20. The first kappa shape index (κ1) is 12.7. The number of aliphatic hydroxyl groups excluding tert-OH is 1. The van der Waals surface area contributed by atoms with Crippen molar-refractivity contribution in [3.05, 3.63) is 0 Å². The summed E-state index contributed by atoms with van der Waals surface area (Å²) in [5.41, 5.74) is 0. The molecule has 2 fully saturated rings. The SMILES string of the molecule is O=C(O)N1CC(CO)CC(C2CCCCC2)C1. The minimum Gasteiger partial charge on any atom is -0.465 e. The molecule has 1 aliphatic heterocycles. The molecule has 1 aliphatic carbocycles. The second kappa shape index (κ2) is 5.71.